The zero-order valence-corrected chi connectivity index (χ0v) is 9.99. The highest BCUT2D eigenvalue weighted by atomic mass is 16.3. The molecule has 0 aliphatic rings. The summed E-state index contributed by atoms with van der Waals surface area (Å²) in [6.45, 7) is 1.96. The van der Waals surface area contributed by atoms with Gasteiger partial charge in [0, 0.05) is 29.7 Å². The second-order valence-corrected chi connectivity index (χ2v) is 4.33. The average molecular weight is 239 g/mol. The summed E-state index contributed by atoms with van der Waals surface area (Å²) in [6, 6.07) is 7.71. The zero-order valence-electron chi connectivity index (χ0n) is 9.99. The van der Waals surface area contributed by atoms with Crippen molar-refractivity contribution in [3.05, 3.63) is 65.7 Å². The highest BCUT2D eigenvalue weighted by Gasteiger charge is 2.15. The van der Waals surface area contributed by atoms with Crippen LogP contribution in [0, 0.1) is 6.92 Å². The minimum atomic E-state index is -0.697. The van der Waals surface area contributed by atoms with Gasteiger partial charge in [0.2, 0.25) is 0 Å². The molecule has 0 aliphatic heterocycles. The Balaban J connectivity index is 2.09. The summed E-state index contributed by atoms with van der Waals surface area (Å²) in [5.74, 6) is 0. The Hall–Kier alpha value is -2.20. The largest absolute Gasteiger partial charge is 0.383 e. The number of aliphatic hydroxyl groups is 1. The van der Waals surface area contributed by atoms with E-state index in [1.165, 1.54) is 0 Å². The fraction of sp³-hybridized carbons (Fsp3) is 0.143. The molecule has 0 fully saturated rings. The zero-order chi connectivity index (χ0) is 12.5. The maximum atomic E-state index is 10.4. The molecule has 18 heavy (non-hydrogen) atoms. The van der Waals surface area contributed by atoms with Gasteiger partial charge in [-0.25, -0.2) is 4.52 Å². The lowest BCUT2D eigenvalue weighted by Gasteiger charge is -2.09. The monoisotopic (exact) mass is 239 g/mol. The first-order valence-electron chi connectivity index (χ1n) is 5.77. The molecule has 0 aromatic carbocycles. The van der Waals surface area contributed by atoms with Gasteiger partial charge in [0.1, 0.15) is 6.10 Å². The van der Waals surface area contributed by atoms with E-state index >= 15 is 0 Å². The topological polar surface area (TPSA) is 50.4 Å². The first-order valence-corrected chi connectivity index (χ1v) is 5.77. The number of nitrogens with zero attached hydrogens (tertiary/aromatic N) is 3. The van der Waals surface area contributed by atoms with Crippen molar-refractivity contribution in [1.29, 1.82) is 0 Å². The lowest BCUT2D eigenvalue weighted by molar-refractivity contribution is 0.221. The minimum Gasteiger partial charge on any atom is -0.383 e. The molecule has 1 unspecified atom stereocenters. The molecule has 0 spiro atoms. The van der Waals surface area contributed by atoms with Crippen LogP contribution in [0.1, 0.15) is 22.8 Å². The number of aliphatic hydroxyl groups excluding tert-OH is 1. The predicted octanol–water partition coefficient (Wildman–Crippen LogP) is 2.12. The molecule has 3 heterocycles. The molecule has 0 aliphatic carbocycles. The molecule has 1 N–H and O–H groups in total. The average Bonchev–Trinajstić information content (AvgIpc) is 2.82. The maximum absolute atomic E-state index is 10.4. The lowest BCUT2D eigenvalue weighted by atomic mass is 10.0. The molecule has 3 aromatic heterocycles. The van der Waals surface area contributed by atoms with E-state index < -0.39 is 6.10 Å². The van der Waals surface area contributed by atoms with E-state index in [0.717, 1.165) is 22.2 Å². The van der Waals surface area contributed by atoms with Crippen molar-refractivity contribution in [2.75, 3.05) is 0 Å². The second kappa shape index (κ2) is 4.23. The molecule has 3 rings (SSSR count). The smallest absolute Gasteiger partial charge is 0.109 e. The number of aromatic nitrogens is 3. The summed E-state index contributed by atoms with van der Waals surface area (Å²) in [5, 5.41) is 14.6. The summed E-state index contributed by atoms with van der Waals surface area (Å²) in [4.78, 5) is 4.11. The molecule has 1 atom stereocenters. The number of hydrogen-bond acceptors (Lipinski definition) is 3. The highest BCUT2D eigenvalue weighted by molar-refractivity contribution is 5.56. The van der Waals surface area contributed by atoms with Gasteiger partial charge in [-0.3, -0.25) is 4.98 Å². The van der Waals surface area contributed by atoms with Gasteiger partial charge in [-0.1, -0.05) is 12.1 Å². The molecule has 0 amide bonds. The highest BCUT2D eigenvalue weighted by Crippen LogP contribution is 2.25. The van der Waals surface area contributed by atoms with Gasteiger partial charge >= 0.3 is 0 Å². The van der Waals surface area contributed by atoms with Crippen LogP contribution in [-0.4, -0.2) is 19.7 Å². The summed E-state index contributed by atoms with van der Waals surface area (Å²) in [7, 11) is 0. The van der Waals surface area contributed by atoms with Gasteiger partial charge in [0.05, 0.1) is 11.7 Å². The normalized spacial score (nSPS) is 12.8. The van der Waals surface area contributed by atoms with Crippen molar-refractivity contribution >= 4 is 5.52 Å². The fourth-order valence-electron chi connectivity index (χ4n) is 2.07. The summed E-state index contributed by atoms with van der Waals surface area (Å²) in [5.41, 5.74) is 3.52. The van der Waals surface area contributed by atoms with Crippen LogP contribution in [0.15, 0.2) is 49.1 Å². The minimum absolute atomic E-state index is 0.697. The second-order valence-electron chi connectivity index (χ2n) is 4.33. The number of aryl methyl sites for hydroxylation is 1. The van der Waals surface area contributed by atoms with E-state index in [9.17, 15) is 5.11 Å². The Labute approximate surface area is 105 Å². The third kappa shape index (κ3) is 1.76. The van der Waals surface area contributed by atoms with Crippen LogP contribution in [0.2, 0.25) is 0 Å². The molecule has 0 radical (unpaired) electrons. The molecule has 0 saturated heterocycles. The van der Waals surface area contributed by atoms with E-state index in [-0.39, 0.29) is 0 Å². The van der Waals surface area contributed by atoms with Gasteiger partial charge < -0.3 is 5.11 Å². The molecule has 90 valence electrons. The maximum Gasteiger partial charge on any atom is 0.109 e. The van der Waals surface area contributed by atoms with Crippen molar-refractivity contribution in [3.63, 3.8) is 0 Å². The molecular formula is C14H13N3O. The summed E-state index contributed by atoms with van der Waals surface area (Å²) >= 11 is 0. The quantitative estimate of drug-likeness (QED) is 0.745. The third-order valence-electron chi connectivity index (χ3n) is 2.96. The fourth-order valence-corrected chi connectivity index (χ4v) is 2.07. The molecular weight excluding hydrogens is 226 g/mol. The van der Waals surface area contributed by atoms with Crippen molar-refractivity contribution < 1.29 is 5.11 Å². The molecule has 4 heteroatoms. The Bertz CT molecular complexity index is 690. The van der Waals surface area contributed by atoms with E-state index in [1.807, 2.05) is 37.4 Å². The molecule has 4 nitrogen and oxygen atoms in total. The van der Waals surface area contributed by atoms with E-state index in [1.54, 1.807) is 23.1 Å². The SMILES string of the molecule is Cc1cncc(C(O)c2cnn3ccccc23)c1. The molecule has 0 bridgehead atoms. The van der Waals surface area contributed by atoms with E-state index in [4.69, 9.17) is 0 Å². The summed E-state index contributed by atoms with van der Waals surface area (Å²) in [6.07, 6.45) is 6.32. The Morgan fingerprint density at radius 2 is 2.11 bits per heavy atom. The van der Waals surface area contributed by atoms with Crippen molar-refractivity contribution in [1.82, 2.24) is 14.6 Å². The third-order valence-corrected chi connectivity index (χ3v) is 2.96. The number of hydrogen-bond donors (Lipinski definition) is 1. The van der Waals surface area contributed by atoms with Gasteiger partial charge in [-0.05, 0) is 24.6 Å². The van der Waals surface area contributed by atoms with Crippen LogP contribution in [0.5, 0.6) is 0 Å². The number of pyridine rings is 2. The Morgan fingerprint density at radius 1 is 1.22 bits per heavy atom. The van der Waals surface area contributed by atoms with Crippen LogP contribution < -0.4 is 0 Å². The molecule has 3 aromatic rings. The standard InChI is InChI=1S/C14H13N3O/c1-10-6-11(8-15-7-10)14(18)12-9-16-17-5-3-2-4-13(12)17/h2-9,14,18H,1H3. The molecule has 0 saturated carbocycles. The Morgan fingerprint density at radius 3 is 2.94 bits per heavy atom. The van der Waals surface area contributed by atoms with Crippen LogP contribution in [-0.2, 0) is 0 Å². The van der Waals surface area contributed by atoms with E-state index in [0.29, 0.717) is 0 Å². The van der Waals surface area contributed by atoms with E-state index in [2.05, 4.69) is 10.1 Å². The van der Waals surface area contributed by atoms with Crippen LogP contribution >= 0.6 is 0 Å². The summed E-state index contributed by atoms with van der Waals surface area (Å²) < 4.78 is 1.75. The first-order chi connectivity index (χ1) is 8.75. The first kappa shape index (κ1) is 10.9. The van der Waals surface area contributed by atoms with Crippen molar-refractivity contribution in [2.24, 2.45) is 0 Å². The predicted molar refractivity (Wildman–Crippen MR) is 68.2 cm³/mol. The van der Waals surface area contributed by atoms with Gasteiger partial charge in [0.25, 0.3) is 0 Å². The number of rotatable bonds is 2. The number of fused-ring (bicyclic) bond motifs is 1. The Kier molecular flexibility index (Phi) is 2.57. The van der Waals surface area contributed by atoms with Gasteiger partial charge in [-0.15, -0.1) is 0 Å². The van der Waals surface area contributed by atoms with Crippen LogP contribution in [0.25, 0.3) is 5.52 Å². The van der Waals surface area contributed by atoms with Crippen molar-refractivity contribution in [3.8, 4) is 0 Å². The van der Waals surface area contributed by atoms with Crippen LogP contribution in [0.3, 0.4) is 0 Å². The van der Waals surface area contributed by atoms with Crippen LogP contribution in [0.4, 0.5) is 0 Å². The van der Waals surface area contributed by atoms with Crippen molar-refractivity contribution in [2.45, 2.75) is 13.0 Å². The lowest BCUT2D eigenvalue weighted by Crippen LogP contribution is -2.00. The van der Waals surface area contributed by atoms with Gasteiger partial charge in [0.15, 0.2) is 0 Å². The van der Waals surface area contributed by atoms with Gasteiger partial charge in [-0.2, -0.15) is 5.10 Å².